The fraction of sp³-hybridized carbons (Fsp3) is 0.208. The van der Waals surface area contributed by atoms with Crippen molar-refractivity contribution in [2.24, 2.45) is 0 Å². The number of aryl methyl sites for hydroxylation is 4. The molecular weight excluding hydrogens is 396 g/mol. The van der Waals surface area contributed by atoms with Crippen LogP contribution in [-0.2, 0) is 11.3 Å². The van der Waals surface area contributed by atoms with Gasteiger partial charge in [-0.05, 0) is 51.0 Å². The summed E-state index contributed by atoms with van der Waals surface area (Å²) in [6.07, 6.45) is 1.50. The van der Waals surface area contributed by atoms with E-state index >= 15 is 0 Å². The topological polar surface area (TPSA) is 70.7 Å². The molecule has 0 aliphatic heterocycles. The molecule has 0 fully saturated rings. The predicted octanol–water partition coefficient (Wildman–Crippen LogP) is 5.36. The lowest BCUT2D eigenvalue weighted by Gasteiger charge is -2.08. The largest absolute Gasteiger partial charge is 0.321 e. The Bertz CT molecular complexity index is 1170. The molecule has 152 valence electrons. The third-order valence-corrected chi connectivity index (χ3v) is 5.24. The molecule has 0 bridgehead atoms. The standard InChI is InChI=1S/C24H23ClN4O/c1-15-5-8-19(9-6-15)14-29-23(25)21(18(4)28-29)12-20(13-26)24(30)27-22-10-7-16(2)11-17(22)3/h5-12H,14H2,1-4H3,(H,27,30)/b20-12+. The summed E-state index contributed by atoms with van der Waals surface area (Å²) in [5.74, 6) is -0.480. The average Bonchev–Trinajstić information content (AvgIpc) is 2.96. The second-order valence-electron chi connectivity index (χ2n) is 7.38. The van der Waals surface area contributed by atoms with E-state index in [-0.39, 0.29) is 5.57 Å². The molecule has 0 atom stereocenters. The Kier molecular flexibility index (Phi) is 6.39. The quantitative estimate of drug-likeness (QED) is 0.447. The highest BCUT2D eigenvalue weighted by atomic mass is 35.5. The van der Waals surface area contributed by atoms with Crippen LogP contribution in [0.2, 0.25) is 5.15 Å². The number of nitriles is 1. The van der Waals surface area contributed by atoms with E-state index < -0.39 is 5.91 Å². The van der Waals surface area contributed by atoms with Crippen molar-refractivity contribution in [2.75, 3.05) is 5.32 Å². The Balaban J connectivity index is 1.86. The maximum atomic E-state index is 12.7. The minimum atomic E-state index is -0.480. The smallest absolute Gasteiger partial charge is 0.266 e. The van der Waals surface area contributed by atoms with Gasteiger partial charge in [-0.3, -0.25) is 4.79 Å². The first-order valence-corrected chi connectivity index (χ1v) is 9.95. The van der Waals surface area contributed by atoms with Crippen LogP contribution in [0.1, 0.15) is 33.5 Å². The second-order valence-corrected chi connectivity index (χ2v) is 7.73. The summed E-state index contributed by atoms with van der Waals surface area (Å²) in [5.41, 5.74) is 6.13. The van der Waals surface area contributed by atoms with Crippen LogP contribution < -0.4 is 5.32 Å². The van der Waals surface area contributed by atoms with Gasteiger partial charge in [-0.1, -0.05) is 59.1 Å². The minimum absolute atomic E-state index is 0.0325. The summed E-state index contributed by atoms with van der Waals surface area (Å²) in [6, 6.07) is 15.8. The summed E-state index contributed by atoms with van der Waals surface area (Å²) in [7, 11) is 0. The van der Waals surface area contributed by atoms with Crippen molar-refractivity contribution < 1.29 is 4.79 Å². The van der Waals surface area contributed by atoms with Crippen LogP contribution in [0, 0.1) is 39.0 Å². The number of nitrogens with zero attached hydrogens (tertiary/aromatic N) is 3. The monoisotopic (exact) mass is 418 g/mol. The van der Waals surface area contributed by atoms with Crippen LogP contribution >= 0.6 is 11.6 Å². The van der Waals surface area contributed by atoms with E-state index in [4.69, 9.17) is 11.6 Å². The van der Waals surface area contributed by atoms with E-state index in [9.17, 15) is 10.1 Å². The zero-order chi connectivity index (χ0) is 21.8. The number of nitrogens with one attached hydrogen (secondary N) is 1. The van der Waals surface area contributed by atoms with Crippen molar-refractivity contribution in [1.29, 1.82) is 5.26 Å². The van der Waals surface area contributed by atoms with E-state index in [2.05, 4.69) is 10.4 Å². The number of anilines is 1. The van der Waals surface area contributed by atoms with E-state index in [0.29, 0.717) is 28.6 Å². The van der Waals surface area contributed by atoms with Crippen LogP contribution in [0.4, 0.5) is 5.69 Å². The maximum absolute atomic E-state index is 12.7. The van der Waals surface area contributed by atoms with Gasteiger partial charge in [-0.2, -0.15) is 10.4 Å². The van der Waals surface area contributed by atoms with E-state index in [0.717, 1.165) is 16.7 Å². The number of aromatic nitrogens is 2. The van der Waals surface area contributed by atoms with Crippen LogP contribution in [0.25, 0.3) is 6.08 Å². The Morgan fingerprint density at radius 1 is 1.13 bits per heavy atom. The number of amides is 1. The van der Waals surface area contributed by atoms with Crippen molar-refractivity contribution in [3.05, 3.63) is 86.7 Å². The van der Waals surface area contributed by atoms with Crippen LogP contribution in [-0.4, -0.2) is 15.7 Å². The zero-order valence-electron chi connectivity index (χ0n) is 17.5. The summed E-state index contributed by atoms with van der Waals surface area (Å²) < 4.78 is 1.67. The third kappa shape index (κ3) is 4.79. The molecule has 0 aliphatic rings. The summed E-state index contributed by atoms with van der Waals surface area (Å²) >= 11 is 6.53. The van der Waals surface area contributed by atoms with Crippen molar-refractivity contribution in [3.8, 4) is 6.07 Å². The molecule has 0 radical (unpaired) electrons. The number of carbonyl (C=O) groups excluding carboxylic acids is 1. The molecule has 3 rings (SSSR count). The molecule has 1 heterocycles. The van der Waals surface area contributed by atoms with Crippen LogP contribution in [0.5, 0.6) is 0 Å². The Morgan fingerprint density at radius 3 is 2.43 bits per heavy atom. The van der Waals surface area contributed by atoms with Gasteiger partial charge >= 0.3 is 0 Å². The normalized spacial score (nSPS) is 11.3. The number of rotatable bonds is 5. The van der Waals surface area contributed by atoms with Gasteiger partial charge in [-0.15, -0.1) is 0 Å². The number of hydrogen-bond donors (Lipinski definition) is 1. The fourth-order valence-corrected chi connectivity index (χ4v) is 3.43. The summed E-state index contributed by atoms with van der Waals surface area (Å²) in [5, 5.41) is 17.2. The van der Waals surface area contributed by atoms with Crippen LogP contribution in [0.15, 0.2) is 48.0 Å². The van der Waals surface area contributed by atoms with Crippen molar-refractivity contribution in [1.82, 2.24) is 9.78 Å². The van der Waals surface area contributed by atoms with Gasteiger partial charge in [0.1, 0.15) is 16.8 Å². The molecule has 1 N–H and O–H groups in total. The van der Waals surface area contributed by atoms with Gasteiger partial charge in [0.25, 0.3) is 5.91 Å². The van der Waals surface area contributed by atoms with Gasteiger partial charge in [0.2, 0.25) is 0 Å². The summed E-state index contributed by atoms with van der Waals surface area (Å²) in [6.45, 7) is 8.24. The molecule has 30 heavy (non-hydrogen) atoms. The van der Waals surface area contributed by atoms with Crippen molar-refractivity contribution >= 4 is 29.3 Å². The highest BCUT2D eigenvalue weighted by molar-refractivity contribution is 6.31. The Hall–Kier alpha value is -3.36. The molecule has 0 saturated carbocycles. The molecule has 2 aromatic carbocycles. The Morgan fingerprint density at radius 2 is 1.80 bits per heavy atom. The van der Waals surface area contributed by atoms with Crippen LogP contribution in [0.3, 0.4) is 0 Å². The molecule has 1 amide bonds. The van der Waals surface area contributed by atoms with Gasteiger partial charge in [0, 0.05) is 11.3 Å². The molecule has 3 aromatic rings. The van der Waals surface area contributed by atoms with E-state index in [1.54, 1.807) is 11.6 Å². The second kappa shape index (κ2) is 8.98. The minimum Gasteiger partial charge on any atom is -0.321 e. The van der Waals surface area contributed by atoms with E-state index in [1.807, 2.05) is 69.3 Å². The first-order chi connectivity index (χ1) is 14.3. The number of benzene rings is 2. The van der Waals surface area contributed by atoms with Gasteiger partial charge in [0.05, 0.1) is 12.2 Å². The number of halogens is 1. The lowest BCUT2D eigenvalue weighted by atomic mass is 10.1. The van der Waals surface area contributed by atoms with E-state index in [1.165, 1.54) is 11.6 Å². The Labute approximate surface area is 181 Å². The first kappa shape index (κ1) is 21.4. The molecule has 0 saturated heterocycles. The summed E-state index contributed by atoms with van der Waals surface area (Å²) in [4.78, 5) is 12.7. The SMILES string of the molecule is Cc1ccc(Cn2nc(C)c(/C=C(\C#N)C(=O)Nc3ccc(C)cc3C)c2Cl)cc1. The molecule has 0 spiro atoms. The number of hydrogen-bond acceptors (Lipinski definition) is 3. The molecule has 0 unspecified atom stereocenters. The fourth-order valence-electron chi connectivity index (χ4n) is 3.14. The highest BCUT2D eigenvalue weighted by Crippen LogP contribution is 2.24. The molecular formula is C24H23ClN4O. The third-order valence-electron chi connectivity index (χ3n) is 4.85. The predicted molar refractivity (Wildman–Crippen MR) is 120 cm³/mol. The van der Waals surface area contributed by atoms with Crippen molar-refractivity contribution in [3.63, 3.8) is 0 Å². The molecule has 5 nitrogen and oxygen atoms in total. The lowest BCUT2D eigenvalue weighted by molar-refractivity contribution is -0.112. The van der Waals surface area contributed by atoms with Crippen molar-refractivity contribution in [2.45, 2.75) is 34.2 Å². The lowest BCUT2D eigenvalue weighted by Crippen LogP contribution is -2.14. The zero-order valence-corrected chi connectivity index (χ0v) is 18.2. The van der Waals surface area contributed by atoms with Gasteiger partial charge < -0.3 is 5.32 Å². The average molecular weight is 419 g/mol. The first-order valence-electron chi connectivity index (χ1n) is 9.57. The molecule has 0 aliphatic carbocycles. The van der Waals surface area contributed by atoms with Gasteiger partial charge in [-0.25, -0.2) is 4.68 Å². The highest BCUT2D eigenvalue weighted by Gasteiger charge is 2.16. The molecule has 1 aromatic heterocycles. The maximum Gasteiger partial charge on any atom is 0.266 e. The molecule has 6 heteroatoms. The number of carbonyl (C=O) groups is 1. The van der Waals surface area contributed by atoms with Gasteiger partial charge in [0.15, 0.2) is 0 Å².